The van der Waals surface area contributed by atoms with Gasteiger partial charge in [0.25, 0.3) is 0 Å². The van der Waals surface area contributed by atoms with E-state index in [9.17, 15) is 4.79 Å². The van der Waals surface area contributed by atoms with Crippen LogP contribution in [0.1, 0.15) is 73.4 Å². The third-order valence-electron chi connectivity index (χ3n) is 3.70. The van der Waals surface area contributed by atoms with Crippen molar-refractivity contribution in [2.75, 3.05) is 32.9 Å². The summed E-state index contributed by atoms with van der Waals surface area (Å²) in [6.07, 6.45) is 3.14. The minimum Gasteiger partial charge on any atom is -0.462 e. The molecule has 7 nitrogen and oxygen atoms in total. The SMILES string of the molecule is CCCCOCCCN=C(NCC)NC(C)c1nc(C)c(C(=O)OCC)s1. The number of hydrogen-bond acceptors (Lipinski definition) is 6. The van der Waals surface area contributed by atoms with Gasteiger partial charge in [-0.2, -0.15) is 0 Å². The van der Waals surface area contributed by atoms with Gasteiger partial charge in [0.1, 0.15) is 9.88 Å². The molecular formula is C19H34N4O3S. The van der Waals surface area contributed by atoms with Crippen LogP contribution in [0.25, 0.3) is 0 Å². The molecule has 0 spiro atoms. The first-order valence-electron chi connectivity index (χ1n) is 9.80. The van der Waals surface area contributed by atoms with Crippen LogP contribution in [-0.2, 0) is 9.47 Å². The van der Waals surface area contributed by atoms with Gasteiger partial charge in [-0.3, -0.25) is 4.99 Å². The van der Waals surface area contributed by atoms with Gasteiger partial charge in [-0.15, -0.1) is 11.3 Å². The summed E-state index contributed by atoms with van der Waals surface area (Å²) in [6.45, 7) is 13.2. The Morgan fingerprint density at radius 1 is 1.26 bits per heavy atom. The smallest absolute Gasteiger partial charge is 0.350 e. The Morgan fingerprint density at radius 2 is 2.00 bits per heavy atom. The standard InChI is InChI=1S/C19H34N4O3S/c1-6-9-12-25-13-10-11-21-19(20-7-2)23-15(5)17-22-14(4)16(27-17)18(24)26-8-3/h15H,6-13H2,1-5H3,(H2,20,21,23). The van der Waals surface area contributed by atoms with Gasteiger partial charge >= 0.3 is 5.97 Å². The highest BCUT2D eigenvalue weighted by molar-refractivity contribution is 7.13. The molecule has 8 heteroatoms. The van der Waals surface area contributed by atoms with E-state index >= 15 is 0 Å². The molecule has 0 aliphatic carbocycles. The van der Waals surface area contributed by atoms with E-state index < -0.39 is 0 Å². The zero-order chi connectivity index (χ0) is 20.1. The number of aromatic nitrogens is 1. The van der Waals surface area contributed by atoms with E-state index in [0.717, 1.165) is 50.0 Å². The number of carbonyl (C=O) groups excluding carboxylic acids is 1. The predicted octanol–water partition coefficient (Wildman–Crippen LogP) is 3.45. The number of aliphatic imine (C=N–C) groups is 1. The Morgan fingerprint density at radius 3 is 2.67 bits per heavy atom. The monoisotopic (exact) mass is 398 g/mol. The summed E-state index contributed by atoms with van der Waals surface area (Å²) in [5.41, 5.74) is 0.702. The lowest BCUT2D eigenvalue weighted by Crippen LogP contribution is -2.38. The summed E-state index contributed by atoms with van der Waals surface area (Å²) in [5.74, 6) is 0.429. The van der Waals surface area contributed by atoms with Gasteiger partial charge in [-0.1, -0.05) is 13.3 Å². The highest BCUT2D eigenvalue weighted by Crippen LogP contribution is 2.24. The third kappa shape index (κ3) is 8.71. The van der Waals surface area contributed by atoms with E-state index in [0.29, 0.717) is 23.7 Å². The summed E-state index contributed by atoms with van der Waals surface area (Å²) in [6, 6.07) is -0.0597. The van der Waals surface area contributed by atoms with Crippen LogP contribution >= 0.6 is 11.3 Å². The molecule has 1 aromatic heterocycles. The highest BCUT2D eigenvalue weighted by Gasteiger charge is 2.20. The number of thiazole rings is 1. The number of ether oxygens (including phenoxy) is 2. The van der Waals surface area contributed by atoms with Gasteiger partial charge in [0.05, 0.1) is 18.3 Å². The van der Waals surface area contributed by atoms with Crippen LogP contribution in [0.3, 0.4) is 0 Å². The van der Waals surface area contributed by atoms with Crippen molar-refractivity contribution in [2.45, 2.75) is 59.9 Å². The molecule has 27 heavy (non-hydrogen) atoms. The lowest BCUT2D eigenvalue weighted by molar-refractivity contribution is 0.0531. The number of unbranched alkanes of at least 4 members (excludes halogenated alkanes) is 1. The lowest BCUT2D eigenvalue weighted by Gasteiger charge is -2.16. The molecule has 0 aromatic carbocycles. The van der Waals surface area contributed by atoms with Crippen molar-refractivity contribution >= 4 is 23.3 Å². The highest BCUT2D eigenvalue weighted by atomic mass is 32.1. The van der Waals surface area contributed by atoms with E-state index in [-0.39, 0.29) is 12.0 Å². The number of guanidine groups is 1. The fraction of sp³-hybridized carbons (Fsp3) is 0.737. The molecule has 1 heterocycles. The van der Waals surface area contributed by atoms with Crippen molar-refractivity contribution in [1.29, 1.82) is 0 Å². The van der Waals surface area contributed by atoms with E-state index in [2.05, 4.69) is 27.5 Å². The van der Waals surface area contributed by atoms with Gasteiger partial charge in [0.2, 0.25) is 0 Å². The molecule has 1 atom stereocenters. The zero-order valence-corrected chi connectivity index (χ0v) is 18.1. The molecule has 0 saturated heterocycles. The Bertz CT molecular complexity index is 590. The Labute approximate surface area is 167 Å². The summed E-state index contributed by atoms with van der Waals surface area (Å²) < 4.78 is 10.6. The molecule has 1 unspecified atom stereocenters. The minimum absolute atomic E-state index is 0.0597. The van der Waals surface area contributed by atoms with Crippen molar-refractivity contribution in [2.24, 2.45) is 4.99 Å². The zero-order valence-electron chi connectivity index (χ0n) is 17.3. The summed E-state index contributed by atoms with van der Waals surface area (Å²) in [7, 11) is 0. The van der Waals surface area contributed by atoms with Crippen LogP contribution in [0, 0.1) is 6.92 Å². The van der Waals surface area contributed by atoms with Gasteiger partial charge in [0, 0.05) is 26.3 Å². The van der Waals surface area contributed by atoms with Crippen LogP contribution in [-0.4, -0.2) is 49.8 Å². The van der Waals surface area contributed by atoms with Gasteiger partial charge in [-0.25, -0.2) is 9.78 Å². The van der Waals surface area contributed by atoms with Crippen LogP contribution in [0.2, 0.25) is 0 Å². The molecule has 0 saturated carbocycles. The van der Waals surface area contributed by atoms with Gasteiger partial charge in [0.15, 0.2) is 5.96 Å². The third-order valence-corrected chi connectivity index (χ3v) is 5.02. The van der Waals surface area contributed by atoms with Crippen molar-refractivity contribution in [3.8, 4) is 0 Å². The first-order chi connectivity index (χ1) is 13.0. The van der Waals surface area contributed by atoms with Crippen molar-refractivity contribution in [3.63, 3.8) is 0 Å². The molecule has 0 amide bonds. The maximum Gasteiger partial charge on any atom is 0.350 e. The van der Waals surface area contributed by atoms with Crippen LogP contribution < -0.4 is 10.6 Å². The second-order valence-electron chi connectivity index (χ2n) is 6.13. The molecule has 0 bridgehead atoms. The fourth-order valence-electron chi connectivity index (χ4n) is 2.28. The Hall–Kier alpha value is -1.67. The second kappa shape index (κ2) is 13.5. The molecule has 0 aliphatic heterocycles. The molecule has 2 N–H and O–H groups in total. The van der Waals surface area contributed by atoms with Gasteiger partial charge < -0.3 is 20.1 Å². The number of aryl methyl sites for hydroxylation is 1. The van der Waals surface area contributed by atoms with E-state index in [1.54, 1.807) is 6.92 Å². The average molecular weight is 399 g/mol. The summed E-state index contributed by atoms with van der Waals surface area (Å²) in [4.78, 5) is 21.6. The maximum absolute atomic E-state index is 12.0. The largest absolute Gasteiger partial charge is 0.462 e. The minimum atomic E-state index is -0.311. The number of hydrogen-bond donors (Lipinski definition) is 2. The van der Waals surface area contributed by atoms with Crippen LogP contribution in [0.15, 0.2) is 4.99 Å². The Balaban J connectivity index is 2.59. The second-order valence-corrected chi connectivity index (χ2v) is 7.16. The van der Waals surface area contributed by atoms with Crippen molar-refractivity contribution < 1.29 is 14.3 Å². The number of nitrogens with one attached hydrogen (secondary N) is 2. The number of nitrogens with zero attached hydrogens (tertiary/aromatic N) is 2. The summed E-state index contributed by atoms with van der Waals surface area (Å²) in [5, 5.41) is 7.43. The van der Waals surface area contributed by atoms with Crippen LogP contribution in [0.4, 0.5) is 0 Å². The first kappa shape index (κ1) is 23.4. The van der Waals surface area contributed by atoms with Crippen LogP contribution in [0.5, 0.6) is 0 Å². The Kier molecular flexibility index (Phi) is 11.7. The summed E-state index contributed by atoms with van der Waals surface area (Å²) >= 11 is 1.36. The lowest BCUT2D eigenvalue weighted by atomic mass is 10.3. The maximum atomic E-state index is 12.0. The number of rotatable bonds is 12. The molecule has 154 valence electrons. The average Bonchev–Trinajstić information content (AvgIpc) is 3.03. The number of carbonyl (C=O) groups is 1. The molecule has 1 rings (SSSR count). The number of esters is 1. The predicted molar refractivity (Wildman–Crippen MR) is 111 cm³/mol. The first-order valence-corrected chi connectivity index (χ1v) is 10.6. The molecule has 0 fully saturated rings. The quantitative estimate of drug-likeness (QED) is 0.243. The molecule has 0 aliphatic rings. The van der Waals surface area contributed by atoms with E-state index in [1.807, 2.05) is 20.8 Å². The molecular weight excluding hydrogens is 364 g/mol. The molecule has 1 aromatic rings. The fourth-order valence-corrected chi connectivity index (χ4v) is 3.24. The van der Waals surface area contributed by atoms with Crippen molar-refractivity contribution in [3.05, 3.63) is 15.6 Å². The van der Waals surface area contributed by atoms with Gasteiger partial charge in [-0.05, 0) is 40.5 Å². The molecule has 0 radical (unpaired) electrons. The normalized spacial score (nSPS) is 12.7. The topological polar surface area (TPSA) is 84.8 Å². The van der Waals surface area contributed by atoms with Crippen molar-refractivity contribution in [1.82, 2.24) is 15.6 Å². The van der Waals surface area contributed by atoms with E-state index in [4.69, 9.17) is 9.47 Å². The van der Waals surface area contributed by atoms with E-state index in [1.165, 1.54) is 11.3 Å².